The van der Waals surface area contributed by atoms with E-state index in [1.54, 1.807) is 6.07 Å². The van der Waals surface area contributed by atoms with Crippen LogP contribution < -0.4 is 15.4 Å². The molecule has 5 nitrogen and oxygen atoms in total. The molecule has 26 heavy (non-hydrogen) atoms. The maximum atomic E-state index is 13.5. The van der Waals surface area contributed by atoms with Gasteiger partial charge in [0.2, 0.25) is 0 Å². The lowest BCUT2D eigenvalue weighted by Crippen LogP contribution is -2.32. The van der Waals surface area contributed by atoms with E-state index in [9.17, 15) is 9.18 Å². The molecule has 0 bridgehead atoms. The van der Waals surface area contributed by atoms with Crippen LogP contribution in [0.2, 0.25) is 0 Å². The number of carbonyl (C=O) groups is 1. The van der Waals surface area contributed by atoms with Gasteiger partial charge in [0, 0.05) is 13.1 Å². The fraction of sp³-hybridized carbons (Fsp3) is 0.300. The number of rotatable bonds is 8. The highest BCUT2D eigenvalue weighted by molar-refractivity contribution is 5.77. The molecule has 2 rings (SSSR count). The van der Waals surface area contributed by atoms with Crippen molar-refractivity contribution in [2.24, 2.45) is 0 Å². The van der Waals surface area contributed by atoms with E-state index in [1.165, 1.54) is 12.1 Å². The predicted octanol–water partition coefficient (Wildman–Crippen LogP) is 3.43. The summed E-state index contributed by atoms with van der Waals surface area (Å²) in [4.78, 5) is 11.8. The van der Waals surface area contributed by atoms with Gasteiger partial charge in [0.15, 0.2) is 6.61 Å². The van der Waals surface area contributed by atoms with Crippen molar-refractivity contribution in [2.75, 3.05) is 25.0 Å². The Hall–Kier alpha value is -3.07. The molecule has 2 aromatic carbocycles. The first kappa shape index (κ1) is 19.3. The van der Waals surface area contributed by atoms with Gasteiger partial charge in [-0.25, -0.2) is 4.39 Å². The monoisotopic (exact) mass is 355 g/mol. The fourth-order valence-corrected chi connectivity index (χ4v) is 2.35. The third-order valence-electron chi connectivity index (χ3n) is 3.78. The van der Waals surface area contributed by atoms with Crippen LogP contribution in [0.3, 0.4) is 0 Å². The van der Waals surface area contributed by atoms with Gasteiger partial charge in [-0.1, -0.05) is 32.0 Å². The topological polar surface area (TPSA) is 74.2 Å². The molecule has 0 saturated heterocycles. The quantitative estimate of drug-likeness (QED) is 0.712. The Morgan fingerprint density at radius 3 is 2.73 bits per heavy atom. The van der Waals surface area contributed by atoms with E-state index < -0.39 is 5.82 Å². The molecule has 0 aliphatic rings. The summed E-state index contributed by atoms with van der Waals surface area (Å²) in [6.07, 6.45) is 0. The second-order valence-corrected chi connectivity index (χ2v) is 6.07. The zero-order chi connectivity index (χ0) is 18.9. The van der Waals surface area contributed by atoms with E-state index in [4.69, 9.17) is 10.00 Å². The van der Waals surface area contributed by atoms with E-state index in [0.717, 1.165) is 5.56 Å². The Morgan fingerprint density at radius 2 is 2.00 bits per heavy atom. The molecule has 0 aliphatic heterocycles. The number of nitrogens with one attached hydrogen (secondary N) is 2. The predicted molar refractivity (Wildman–Crippen MR) is 98.6 cm³/mol. The highest BCUT2D eigenvalue weighted by Crippen LogP contribution is 2.20. The summed E-state index contributed by atoms with van der Waals surface area (Å²) in [5.74, 6) is 0.225. The van der Waals surface area contributed by atoms with Gasteiger partial charge in [0.1, 0.15) is 23.2 Å². The molecule has 2 aromatic rings. The largest absolute Gasteiger partial charge is 0.484 e. The second-order valence-electron chi connectivity index (χ2n) is 6.07. The Labute approximate surface area is 152 Å². The van der Waals surface area contributed by atoms with Gasteiger partial charge in [-0.05, 0) is 35.7 Å². The average Bonchev–Trinajstić information content (AvgIpc) is 2.64. The second kappa shape index (κ2) is 9.42. The number of hydrogen-bond acceptors (Lipinski definition) is 4. The number of hydrogen-bond donors (Lipinski definition) is 2. The molecule has 0 aliphatic carbocycles. The summed E-state index contributed by atoms with van der Waals surface area (Å²) >= 11 is 0. The van der Waals surface area contributed by atoms with Gasteiger partial charge >= 0.3 is 0 Å². The van der Waals surface area contributed by atoms with Crippen LogP contribution in [0, 0.1) is 17.1 Å². The molecular weight excluding hydrogens is 333 g/mol. The first-order valence-electron chi connectivity index (χ1n) is 8.43. The summed E-state index contributed by atoms with van der Waals surface area (Å²) in [6.45, 7) is 4.80. The summed E-state index contributed by atoms with van der Waals surface area (Å²) in [7, 11) is 0. The van der Waals surface area contributed by atoms with Crippen LogP contribution in [0.25, 0.3) is 0 Å². The van der Waals surface area contributed by atoms with Crippen LogP contribution in [-0.2, 0) is 4.79 Å². The van der Waals surface area contributed by atoms with Crippen molar-refractivity contribution in [3.05, 3.63) is 59.4 Å². The molecule has 6 heteroatoms. The van der Waals surface area contributed by atoms with Crippen molar-refractivity contribution in [1.29, 1.82) is 5.26 Å². The Kier molecular flexibility index (Phi) is 6.98. The van der Waals surface area contributed by atoms with Crippen molar-refractivity contribution in [3.8, 4) is 11.8 Å². The van der Waals surface area contributed by atoms with Crippen molar-refractivity contribution in [1.82, 2.24) is 5.32 Å². The molecule has 1 amide bonds. The third kappa shape index (κ3) is 5.49. The first-order chi connectivity index (χ1) is 12.5. The smallest absolute Gasteiger partial charge is 0.258 e. The normalized spacial score (nSPS) is 10.3. The summed E-state index contributed by atoms with van der Waals surface area (Å²) < 4.78 is 19.0. The number of nitrogens with zero attached hydrogens (tertiary/aromatic N) is 1. The number of benzene rings is 2. The SMILES string of the molecule is CC(C)c1cccc(OCC(=O)NCCNc2cccc(F)c2C#N)c1. The highest BCUT2D eigenvalue weighted by Gasteiger charge is 2.08. The van der Waals surface area contributed by atoms with Crippen LogP contribution in [0.4, 0.5) is 10.1 Å². The van der Waals surface area contributed by atoms with Gasteiger partial charge < -0.3 is 15.4 Å². The molecule has 0 radical (unpaired) electrons. The maximum absolute atomic E-state index is 13.5. The molecule has 0 heterocycles. The Balaban J connectivity index is 1.74. The van der Waals surface area contributed by atoms with E-state index >= 15 is 0 Å². The highest BCUT2D eigenvalue weighted by atomic mass is 19.1. The van der Waals surface area contributed by atoms with Gasteiger partial charge in [0.25, 0.3) is 5.91 Å². The van der Waals surface area contributed by atoms with Gasteiger partial charge in [-0.15, -0.1) is 0 Å². The van der Waals surface area contributed by atoms with E-state index in [2.05, 4.69) is 24.5 Å². The lowest BCUT2D eigenvalue weighted by atomic mass is 10.0. The number of ether oxygens (including phenoxy) is 1. The van der Waals surface area contributed by atoms with Crippen molar-refractivity contribution in [3.63, 3.8) is 0 Å². The standard InChI is InChI=1S/C20H22FN3O2/c1-14(2)15-5-3-6-16(11-15)26-13-20(25)24-10-9-23-19-8-4-7-18(21)17(19)12-22/h3-8,11,14,23H,9-10,13H2,1-2H3,(H,24,25). The van der Waals surface area contributed by atoms with Gasteiger partial charge in [-0.2, -0.15) is 5.26 Å². The van der Waals surface area contributed by atoms with Gasteiger partial charge in [-0.3, -0.25) is 4.79 Å². The Morgan fingerprint density at radius 1 is 1.23 bits per heavy atom. The van der Waals surface area contributed by atoms with Gasteiger partial charge in [0.05, 0.1) is 5.69 Å². The maximum Gasteiger partial charge on any atom is 0.258 e. The van der Waals surface area contributed by atoms with E-state index in [0.29, 0.717) is 30.4 Å². The lowest BCUT2D eigenvalue weighted by Gasteiger charge is -2.11. The average molecular weight is 355 g/mol. The van der Waals surface area contributed by atoms with Crippen LogP contribution in [0.5, 0.6) is 5.75 Å². The molecule has 0 unspecified atom stereocenters. The zero-order valence-electron chi connectivity index (χ0n) is 14.9. The minimum absolute atomic E-state index is 0.0350. The lowest BCUT2D eigenvalue weighted by molar-refractivity contribution is -0.123. The first-order valence-corrected chi connectivity index (χ1v) is 8.43. The number of carbonyl (C=O) groups excluding carboxylic acids is 1. The fourth-order valence-electron chi connectivity index (χ4n) is 2.35. The summed E-state index contributed by atoms with van der Waals surface area (Å²) in [5, 5.41) is 14.6. The molecule has 2 N–H and O–H groups in total. The number of nitriles is 1. The van der Waals surface area contributed by atoms with Crippen LogP contribution >= 0.6 is 0 Å². The number of amides is 1. The van der Waals surface area contributed by atoms with E-state index in [-0.39, 0.29) is 18.1 Å². The van der Waals surface area contributed by atoms with Crippen molar-refractivity contribution >= 4 is 11.6 Å². The van der Waals surface area contributed by atoms with Crippen LogP contribution in [0.1, 0.15) is 30.9 Å². The minimum atomic E-state index is -0.571. The number of anilines is 1. The van der Waals surface area contributed by atoms with Crippen molar-refractivity contribution in [2.45, 2.75) is 19.8 Å². The number of halogens is 1. The Bertz CT molecular complexity index is 800. The zero-order valence-corrected chi connectivity index (χ0v) is 14.9. The molecule has 0 fully saturated rings. The molecule has 0 aromatic heterocycles. The molecule has 0 spiro atoms. The summed E-state index contributed by atoms with van der Waals surface area (Å²) in [6, 6.07) is 13.9. The third-order valence-corrected chi connectivity index (χ3v) is 3.78. The molecule has 0 saturated carbocycles. The molecular formula is C20H22FN3O2. The van der Waals surface area contributed by atoms with E-state index in [1.807, 2.05) is 30.3 Å². The van der Waals surface area contributed by atoms with Crippen molar-refractivity contribution < 1.29 is 13.9 Å². The van der Waals surface area contributed by atoms with Crippen LogP contribution in [-0.4, -0.2) is 25.6 Å². The molecule has 0 atom stereocenters. The molecule has 136 valence electrons. The van der Waals surface area contributed by atoms with Crippen LogP contribution in [0.15, 0.2) is 42.5 Å². The minimum Gasteiger partial charge on any atom is -0.484 e. The summed E-state index contributed by atoms with van der Waals surface area (Å²) in [5.41, 5.74) is 1.52.